The van der Waals surface area contributed by atoms with Crippen LogP contribution >= 0.6 is 0 Å². The molecule has 0 aliphatic carbocycles. The molecule has 2 aromatic heterocycles. The van der Waals surface area contributed by atoms with Gasteiger partial charge in [-0.1, -0.05) is 19.9 Å². The predicted molar refractivity (Wildman–Crippen MR) is 116 cm³/mol. The van der Waals surface area contributed by atoms with Gasteiger partial charge in [-0.15, -0.1) is 0 Å². The zero-order valence-electron chi connectivity index (χ0n) is 18.4. The van der Waals surface area contributed by atoms with Gasteiger partial charge in [0.2, 0.25) is 0 Å². The first-order chi connectivity index (χ1) is 15.5. The highest BCUT2D eigenvalue weighted by molar-refractivity contribution is 6.00. The van der Waals surface area contributed by atoms with E-state index < -0.39 is 23.6 Å². The molecule has 0 aliphatic heterocycles. The summed E-state index contributed by atoms with van der Waals surface area (Å²) >= 11 is 0. The number of nitrogens with one attached hydrogen (secondary N) is 2. The van der Waals surface area contributed by atoms with Gasteiger partial charge in [-0.3, -0.25) is 20.4 Å². The molecule has 1 aromatic carbocycles. The Hall–Kier alpha value is -3.89. The number of hydrogen-bond donors (Lipinski definition) is 2. The van der Waals surface area contributed by atoms with Crippen molar-refractivity contribution in [1.82, 2.24) is 25.6 Å². The maximum Gasteiger partial charge on any atom is 0.417 e. The third kappa shape index (κ3) is 5.30. The Labute approximate surface area is 188 Å². The molecule has 2 heterocycles. The van der Waals surface area contributed by atoms with Gasteiger partial charge in [-0.05, 0) is 36.2 Å². The van der Waals surface area contributed by atoms with Crippen molar-refractivity contribution in [3.05, 3.63) is 71.2 Å². The molecular weight excluding hydrogens is 437 g/mol. The molecule has 0 fully saturated rings. The molecule has 0 aliphatic rings. The molecule has 8 nitrogen and oxygen atoms in total. The number of rotatable bonds is 5. The zero-order chi connectivity index (χ0) is 24.3. The summed E-state index contributed by atoms with van der Waals surface area (Å²) in [4.78, 5) is 30.9. The molecule has 0 spiro atoms. The van der Waals surface area contributed by atoms with Crippen LogP contribution < -0.4 is 15.8 Å². The zero-order valence-corrected chi connectivity index (χ0v) is 18.4. The summed E-state index contributed by atoms with van der Waals surface area (Å²) in [6.07, 6.45) is -2.52. The summed E-state index contributed by atoms with van der Waals surface area (Å²) in [7, 11) is 3.69. The van der Waals surface area contributed by atoms with E-state index in [4.69, 9.17) is 0 Å². The number of alkyl halides is 3. The first-order valence-electron chi connectivity index (χ1n) is 9.98. The van der Waals surface area contributed by atoms with E-state index in [1.54, 1.807) is 32.0 Å². The lowest BCUT2D eigenvalue weighted by molar-refractivity contribution is -0.137. The average molecular weight is 460 g/mol. The second-order valence-corrected chi connectivity index (χ2v) is 7.77. The molecular formula is C22H23F3N6O2. The normalized spacial score (nSPS) is 11.4. The third-order valence-corrected chi connectivity index (χ3v) is 4.80. The van der Waals surface area contributed by atoms with Crippen molar-refractivity contribution in [3.8, 4) is 5.82 Å². The molecule has 0 atom stereocenters. The van der Waals surface area contributed by atoms with Crippen LogP contribution in [-0.2, 0) is 6.18 Å². The van der Waals surface area contributed by atoms with Gasteiger partial charge in [-0.2, -0.15) is 18.3 Å². The van der Waals surface area contributed by atoms with E-state index in [1.807, 2.05) is 25.1 Å². The van der Waals surface area contributed by atoms with Gasteiger partial charge in [-0.25, -0.2) is 9.67 Å². The molecule has 0 bridgehead atoms. The highest BCUT2D eigenvalue weighted by Gasteiger charge is 2.31. The van der Waals surface area contributed by atoms with Crippen molar-refractivity contribution in [3.63, 3.8) is 0 Å². The Morgan fingerprint density at radius 1 is 1.03 bits per heavy atom. The van der Waals surface area contributed by atoms with Crippen LogP contribution in [0.25, 0.3) is 5.82 Å². The second kappa shape index (κ2) is 9.31. The molecule has 11 heteroatoms. The number of halogens is 3. The topological polar surface area (TPSA) is 92.2 Å². The van der Waals surface area contributed by atoms with E-state index in [9.17, 15) is 22.8 Å². The van der Waals surface area contributed by atoms with Crippen molar-refractivity contribution in [1.29, 1.82) is 0 Å². The van der Waals surface area contributed by atoms with Crippen LogP contribution in [0.5, 0.6) is 0 Å². The number of hydrazine groups is 1. The summed E-state index contributed by atoms with van der Waals surface area (Å²) in [5, 5.41) is 4.13. The SMILES string of the molecule is CC(C)c1c(C(=O)NNC(=O)c2cccc(N(C)C)c2)cnn1-c1ccc(C(F)(F)F)cn1. The van der Waals surface area contributed by atoms with Gasteiger partial charge in [0.25, 0.3) is 11.8 Å². The minimum Gasteiger partial charge on any atom is -0.378 e. The average Bonchev–Trinajstić information content (AvgIpc) is 3.22. The van der Waals surface area contributed by atoms with Gasteiger partial charge in [0.05, 0.1) is 23.0 Å². The van der Waals surface area contributed by atoms with Gasteiger partial charge in [0, 0.05) is 31.5 Å². The van der Waals surface area contributed by atoms with Crippen LogP contribution in [-0.4, -0.2) is 40.7 Å². The summed E-state index contributed by atoms with van der Waals surface area (Å²) in [5.74, 6) is -1.20. The van der Waals surface area contributed by atoms with Gasteiger partial charge < -0.3 is 4.90 Å². The van der Waals surface area contributed by atoms with Crippen molar-refractivity contribution in [2.75, 3.05) is 19.0 Å². The molecule has 3 rings (SSSR count). The van der Waals surface area contributed by atoms with Gasteiger partial charge in [0.1, 0.15) is 0 Å². The highest BCUT2D eigenvalue weighted by Crippen LogP contribution is 2.29. The second-order valence-electron chi connectivity index (χ2n) is 7.77. The number of hydrogen-bond acceptors (Lipinski definition) is 5. The Bertz CT molecular complexity index is 1150. The van der Waals surface area contributed by atoms with Crippen molar-refractivity contribution in [2.24, 2.45) is 0 Å². The van der Waals surface area contributed by atoms with Crippen LogP contribution in [0.2, 0.25) is 0 Å². The van der Waals surface area contributed by atoms with E-state index in [1.165, 1.54) is 16.9 Å². The van der Waals surface area contributed by atoms with E-state index >= 15 is 0 Å². The molecule has 0 radical (unpaired) electrons. The largest absolute Gasteiger partial charge is 0.417 e. The minimum absolute atomic E-state index is 0.135. The summed E-state index contributed by atoms with van der Waals surface area (Å²) in [5.41, 5.74) is 5.62. The lowest BCUT2D eigenvalue weighted by atomic mass is 10.1. The first-order valence-corrected chi connectivity index (χ1v) is 9.98. The smallest absolute Gasteiger partial charge is 0.378 e. The summed E-state index contributed by atoms with van der Waals surface area (Å²) in [6, 6.07) is 8.94. The number of amides is 2. The lowest BCUT2D eigenvalue weighted by Gasteiger charge is -2.14. The summed E-state index contributed by atoms with van der Waals surface area (Å²) < 4.78 is 39.8. The van der Waals surface area contributed by atoms with Crippen LogP contribution in [0.4, 0.5) is 18.9 Å². The van der Waals surface area contributed by atoms with Gasteiger partial charge in [0.15, 0.2) is 5.82 Å². The van der Waals surface area contributed by atoms with E-state index in [0.717, 1.165) is 11.8 Å². The number of benzene rings is 1. The fraction of sp³-hybridized carbons (Fsp3) is 0.273. The molecule has 3 aromatic rings. The van der Waals surface area contributed by atoms with Crippen LogP contribution in [0.15, 0.2) is 48.8 Å². The predicted octanol–water partition coefficient (Wildman–Crippen LogP) is 3.55. The maximum absolute atomic E-state index is 12.8. The number of carbonyl (C=O) groups excluding carboxylic acids is 2. The fourth-order valence-electron chi connectivity index (χ4n) is 3.13. The number of aromatic nitrogens is 3. The molecule has 174 valence electrons. The van der Waals surface area contributed by atoms with Crippen molar-refractivity contribution >= 4 is 17.5 Å². The van der Waals surface area contributed by atoms with Crippen LogP contribution in [0.3, 0.4) is 0 Å². The molecule has 33 heavy (non-hydrogen) atoms. The van der Waals surface area contributed by atoms with Crippen molar-refractivity contribution < 1.29 is 22.8 Å². The number of carbonyl (C=O) groups is 2. The van der Waals surface area contributed by atoms with E-state index in [-0.39, 0.29) is 17.3 Å². The molecule has 0 unspecified atom stereocenters. The number of pyridine rings is 1. The Kier molecular flexibility index (Phi) is 6.70. The molecule has 0 saturated heterocycles. The Morgan fingerprint density at radius 2 is 1.73 bits per heavy atom. The van der Waals surface area contributed by atoms with Crippen LogP contribution in [0.1, 0.15) is 51.7 Å². The fourth-order valence-corrected chi connectivity index (χ4v) is 3.13. The highest BCUT2D eigenvalue weighted by atomic mass is 19.4. The quantitative estimate of drug-likeness (QED) is 0.568. The Balaban J connectivity index is 1.79. The van der Waals surface area contributed by atoms with Crippen LogP contribution in [0, 0.1) is 0 Å². The molecule has 0 saturated carbocycles. The minimum atomic E-state index is -4.51. The van der Waals surface area contributed by atoms with E-state index in [0.29, 0.717) is 17.5 Å². The van der Waals surface area contributed by atoms with Crippen molar-refractivity contribution in [2.45, 2.75) is 25.9 Å². The Morgan fingerprint density at radius 3 is 2.30 bits per heavy atom. The van der Waals surface area contributed by atoms with E-state index in [2.05, 4.69) is 20.9 Å². The number of anilines is 1. The van der Waals surface area contributed by atoms with Gasteiger partial charge >= 0.3 is 6.18 Å². The maximum atomic E-state index is 12.8. The monoisotopic (exact) mass is 460 g/mol. The molecule has 2 amide bonds. The summed E-state index contributed by atoms with van der Waals surface area (Å²) in [6.45, 7) is 3.61. The lowest BCUT2D eigenvalue weighted by Crippen LogP contribution is -2.42. The molecule has 2 N–H and O–H groups in total. The number of nitrogens with zero attached hydrogens (tertiary/aromatic N) is 4. The standard InChI is InChI=1S/C22H23F3N6O2/c1-13(2)19-17(12-27-31(19)18-9-8-15(11-26-18)22(23,24)25)21(33)29-28-20(32)14-6-5-7-16(10-14)30(3)4/h5-13H,1-4H3,(H,28,32)(H,29,33). The first kappa shape index (κ1) is 23.8. The third-order valence-electron chi connectivity index (χ3n) is 4.80.